The van der Waals surface area contributed by atoms with Crippen molar-refractivity contribution in [2.24, 2.45) is 0 Å². The largest absolute Gasteiger partial charge is 0.383 e. The second kappa shape index (κ2) is 5.37. The Morgan fingerprint density at radius 2 is 2.28 bits per heavy atom. The quantitative estimate of drug-likeness (QED) is 0.822. The minimum absolute atomic E-state index is 0.359. The van der Waals surface area contributed by atoms with Crippen LogP contribution in [0.1, 0.15) is 18.6 Å². The van der Waals surface area contributed by atoms with Crippen LogP contribution in [0.25, 0.3) is 0 Å². The number of carbonyl (C=O) groups excluding carboxylic acids is 1. The second-order valence-corrected chi connectivity index (χ2v) is 4.24. The van der Waals surface area contributed by atoms with Gasteiger partial charge >= 0.3 is 0 Å². The van der Waals surface area contributed by atoms with E-state index in [1.54, 1.807) is 13.2 Å². The van der Waals surface area contributed by atoms with Gasteiger partial charge in [0.1, 0.15) is 0 Å². The van der Waals surface area contributed by atoms with Crippen LogP contribution in [-0.2, 0) is 9.53 Å². The van der Waals surface area contributed by atoms with E-state index in [1.165, 1.54) is 0 Å². The van der Waals surface area contributed by atoms with Crippen LogP contribution < -0.4 is 10.2 Å². The Bertz CT molecular complexity index is 448. The van der Waals surface area contributed by atoms with E-state index in [1.807, 2.05) is 12.1 Å². The first-order chi connectivity index (χ1) is 8.67. The van der Waals surface area contributed by atoms with E-state index in [-0.39, 0.29) is 5.91 Å². The highest BCUT2D eigenvalue weighted by atomic mass is 16.5. The molecule has 5 heteroatoms. The number of aliphatic hydroxyl groups is 1. The molecule has 1 unspecified atom stereocenters. The number of nitrogens with zero attached hydrogens (tertiary/aromatic N) is 1. The van der Waals surface area contributed by atoms with Gasteiger partial charge in [0.05, 0.1) is 6.61 Å². The number of methoxy groups -OCH3 is 1. The number of fused-ring (bicyclic) bond motifs is 1. The fourth-order valence-electron chi connectivity index (χ4n) is 2.10. The number of hydrogen-bond donors (Lipinski definition) is 2. The van der Waals surface area contributed by atoms with Crippen LogP contribution in [0, 0.1) is 0 Å². The molecule has 98 valence electrons. The van der Waals surface area contributed by atoms with Gasteiger partial charge in [0.2, 0.25) is 0 Å². The summed E-state index contributed by atoms with van der Waals surface area (Å²) in [7, 11) is 1.67. The van der Waals surface area contributed by atoms with Crippen LogP contribution in [-0.4, -0.2) is 37.8 Å². The number of nitrogens with one attached hydrogen (secondary N) is 1. The maximum atomic E-state index is 11.4. The molecule has 0 aliphatic carbocycles. The zero-order valence-corrected chi connectivity index (χ0v) is 10.6. The molecule has 1 aliphatic rings. The third kappa shape index (κ3) is 2.32. The average Bonchev–Trinajstić information content (AvgIpc) is 2.66. The van der Waals surface area contributed by atoms with E-state index < -0.39 is 6.10 Å². The van der Waals surface area contributed by atoms with Crippen molar-refractivity contribution in [3.05, 3.63) is 23.8 Å². The number of anilines is 2. The first-order valence-electron chi connectivity index (χ1n) is 6.04. The molecule has 1 heterocycles. The molecule has 2 rings (SSSR count). The lowest BCUT2D eigenvalue weighted by atomic mass is 10.1. The number of carbonyl (C=O) groups is 1. The summed E-state index contributed by atoms with van der Waals surface area (Å²) in [5, 5.41) is 12.3. The van der Waals surface area contributed by atoms with Crippen molar-refractivity contribution in [3.63, 3.8) is 0 Å². The Hall–Kier alpha value is -1.59. The molecule has 1 aromatic carbocycles. The van der Waals surface area contributed by atoms with Crippen molar-refractivity contribution in [3.8, 4) is 0 Å². The third-order valence-electron chi connectivity index (χ3n) is 3.15. The highest BCUT2D eigenvalue weighted by Crippen LogP contribution is 2.33. The number of ether oxygens (including phenoxy) is 1. The summed E-state index contributed by atoms with van der Waals surface area (Å²) in [5.74, 6) is -0.359. The van der Waals surface area contributed by atoms with Crippen molar-refractivity contribution < 1.29 is 14.6 Å². The maximum absolute atomic E-state index is 11.4. The predicted octanol–water partition coefficient (Wildman–Crippen LogP) is 1.14. The van der Waals surface area contributed by atoms with Gasteiger partial charge in [-0.1, -0.05) is 6.07 Å². The Morgan fingerprint density at radius 3 is 2.94 bits per heavy atom. The summed E-state index contributed by atoms with van der Waals surface area (Å²) < 4.78 is 5.07. The van der Waals surface area contributed by atoms with Gasteiger partial charge in [-0.2, -0.15) is 0 Å². The highest BCUT2D eigenvalue weighted by Gasteiger charge is 2.28. The normalized spacial score (nSPS) is 17.5. The molecule has 2 N–H and O–H groups in total. The second-order valence-electron chi connectivity index (χ2n) is 4.24. The molecule has 0 aromatic heterocycles. The van der Waals surface area contributed by atoms with Gasteiger partial charge in [0.15, 0.2) is 6.10 Å². The van der Waals surface area contributed by atoms with Gasteiger partial charge in [-0.15, -0.1) is 0 Å². The number of rotatable bonds is 5. The summed E-state index contributed by atoms with van der Waals surface area (Å²) in [5.41, 5.74) is 2.36. The lowest BCUT2D eigenvalue weighted by molar-refractivity contribution is -0.123. The molecular weight excluding hydrogens is 232 g/mol. The van der Waals surface area contributed by atoms with Crippen LogP contribution >= 0.6 is 0 Å². The smallest absolute Gasteiger partial charge is 0.257 e. The zero-order chi connectivity index (χ0) is 13.1. The van der Waals surface area contributed by atoms with Gasteiger partial charge in [0.25, 0.3) is 5.91 Å². The first kappa shape index (κ1) is 12.9. The number of aliphatic hydroxyl groups excluding tert-OH is 1. The van der Waals surface area contributed by atoms with Crippen LogP contribution in [0.3, 0.4) is 0 Å². The van der Waals surface area contributed by atoms with E-state index >= 15 is 0 Å². The SMILES string of the molecule is CCN(CCOC)c1ccc2c(c1)NC(=O)C2O. The molecule has 0 bridgehead atoms. The minimum atomic E-state index is -1.04. The standard InChI is InChI=1S/C13H18N2O3/c1-3-15(6-7-18-2)9-4-5-10-11(8-9)14-13(17)12(10)16/h4-5,8,12,16H,3,6-7H2,1-2H3,(H,14,17). The van der Waals surface area contributed by atoms with Gasteiger partial charge in [-0.05, 0) is 19.1 Å². The lowest BCUT2D eigenvalue weighted by Crippen LogP contribution is -2.26. The molecule has 18 heavy (non-hydrogen) atoms. The average molecular weight is 250 g/mol. The fraction of sp³-hybridized carbons (Fsp3) is 0.462. The number of amides is 1. The zero-order valence-electron chi connectivity index (χ0n) is 10.6. The Balaban J connectivity index is 2.21. The minimum Gasteiger partial charge on any atom is -0.383 e. The van der Waals surface area contributed by atoms with Crippen molar-refractivity contribution in [1.82, 2.24) is 0 Å². The van der Waals surface area contributed by atoms with Crippen molar-refractivity contribution in [2.75, 3.05) is 37.0 Å². The van der Waals surface area contributed by atoms with Crippen LogP contribution in [0.5, 0.6) is 0 Å². The molecule has 1 aromatic rings. The van der Waals surface area contributed by atoms with E-state index in [2.05, 4.69) is 17.1 Å². The third-order valence-corrected chi connectivity index (χ3v) is 3.15. The van der Waals surface area contributed by atoms with Crippen molar-refractivity contribution in [1.29, 1.82) is 0 Å². The van der Waals surface area contributed by atoms with Crippen LogP contribution in [0.15, 0.2) is 18.2 Å². The predicted molar refractivity (Wildman–Crippen MR) is 69.8 cm³/mol. The molecule has 0 spiro atoms. The molecule has 1 amide bonds. The number of likely N-dealkylation sites (N-methyl/N-ethyl adjacent to an activating group) is 1. The summed E-state index contributed by atoms with van der Waals surface area (Å²) in [4.78, 5) is 13.5. The first-order valence-corrected chi connectivity index (χ1v) is 6.04. The molecule has 0 fully saturated rings. The van der Waals surface area contributed by atoms with Gasteiger partial charge in [-0.25, -0.2) is 0 Å². The van der Waals surface area contributed by atoms with E-state index in [4.69, 9.17) is 4.74 Å². The maximum Gasteiger partial charge on any atom is 0.257 e. The molecule has 1 atom stereocenters. The summed E-state index contributed by atoms with van der Waals surface area (Å²) >= 11 is 0. The van der Waals surface area contributed by atoms with Crippen molar-refractivity contribution >= 4 is 17.3 Å². The van der Waals surface area contributed by atoms with Crippen LogP contribution in [0.4, 0.5) is 11.4 Å². The monoisotopic (exact) mass is 250 g/mol. The lowest BCUT2D eigenvalue weighted by Gasteiger charge is -2.23. The van der Waals surface area contributed by atoms with E-state index in [0.29, 0.717) is 17.9 Å². The summed E-state index contributed by atoms with van der Waals surface area (Å²) in [6, 6.07) is 5.60. The molecular formula is C13H18N2O3. The molecule has 5 nitrogen and oxygen atoms in total. The van der Waals surface area contributed by atoms with Gasteiger partial charge in [-0.3, -0.25) is 4.79 Å². The Morgan fingerprint density at radius 1 is 1.50 bits per heavy atom. The number of benzene rings is 1. The fourth-order valence-corrected chi connectivity index (χ4v) is 2.10. The van der Waals surface area contributed by atoms with Crippen molar-refractivity contribution in [2.45, 2.75) is 13.0 Å². The summed E-state index contributed by atoms with van der Waals surface area (Å²) in [6.07, 6.45) is -1.04. The summed E-state index contributed by atoms with van der Waals surface area (Å²) in [6.45, 7) is 4.37. The number of hydrogen-bond acceptors (Lipinski definition) is 4. The Labute approximate surface area is 106 Å². The van der Waals surface area contributed by atoms with Gasteiger partial charge < -0.3 is 20.1 Å². The molecule has 0 saturated carbocycles. The molecule has 0 saturated heterocycles. The highest BCUT2D eigenvalue weighted by molar-refractivity contribution is 6.02. The van der Waals surface area contributed by atoms with Crippen LogP contribution in [0.2, 0.25) is 0 Å². The molecule has 0 radical (unpaired) electrons. The molecule has 1 aliphatic heterocycles. The van der Waals surface area contributed by atoms with Gasteiger partial charge in [0, 0.05) is 37.1 Å². The topological polar surface area (TPSA) is 61.8 Å². The van der Waals surface area contributed by atoms with E-state index in [9.17, 15) is 9.90 Å². The van der Waals surface area contributed by atoms with E-state index in [0.717, 1.165) is 18.8 Å². The Kier molecular flexibility index (Phi) is 3.84.